The van der Waals surface area contributed by atoms with E-state index in [0.29, 0.717) is 6.04 Å². The fourth-order valence-electron chi connectivity index (χ4n) is 2.76. The van der Waals surface area contributed by atoms with Crippen LogP contribution in [0.3, 0.4) is 0 Å². The molecule has 2 aromatic heterocycles. The summed E-state index contributed by atoms with van der Waals surface area (Å²) in [4.78, 5) is 10.9. The van der Waals surface area contributed by atoms with Crippen molar-refractivity contribution in [3.63, 3.8) is 0 Å². The number of pyridine rings is 2. The Labute approximate surface area is 126 Å². The van der Waals surface area contributed by atoms with E-state index in [4.69, 9.17) is 0 Å². The molecule has 21 heavy (non-hydrogen) atoms. The van der Waals surface area contributed by atoms with Crippen LogP contribution >= 0.6 is 0 Å². The summed E-state index contributed by atoms with van der Waals surface area (Å²) in [5.74, 6) is 0. The molecular formula is C17H22N4. The molecule has 2 aromatic rings. The molecule has 1 aliphatic heterocycles. The van der Waals surface area contributed by atoms with Gasteiger partial charge >= 0.3 is 0 Å². The number of aromatic nitrogens is 2. The second-order valence-corrected chi connectivity index (χ2v) is 5.66. The van der Waals surface area contributed by atoms with Crippen molar-refractivity contribution in [3.8, 4) is 0 Å². The summed E-state index contributed by atoms with van der Waals surface area (Å²) >= 11 is 0. The second kappa shape index (κ2) is 6.68. The first kappa shape index (κ1) is 14.0. The van der Waals surface area contributed by atoms with Crippen LogP contribution in [0.1, 0.15) is 24.1 Å². The summed E-state index contributed by atoms with van der Waals surface area (Å²) in [5, 5.41) is 3.65. The number of nitrogens with one attached hydrogen (secondary N) is 1. The molecule has 0 bridgehead atoms. The van der Waals surface area contributed by atoms with Gasteiger partial charge in [0.15, 0.2) is 0 Å². The van der Waals surface area contributed by atoms with Crippen LogP contribution in [0, 0.1) is 6.92 Å². The molecule has 0 aliphatic carbocycles. The van der Waals surface area contributed by atoms with E-state index in [1.807, 2.05) is 25.5 Å². The zero-order valence-electron chi connectivity index (χ0n) is 12.5. The zero-order valence-corrected chi connectivity index (χ0v) is 12.5. The van der Waals surface area contributed by atoms with Crippen molar-refractivity contribution in [2.75, 3.05) is 18.0 Å². The van der Waals surface area contributed by atoms with Gasteiger partial charge in [-0.3, -0.25) is 9.97 Å². The molecule has 0 aromatic carbocycles. The third-order valence-electron chi connectivity index (χ3n) is 4.09. The van der Waals surface area contributed by atoms with E-state index in [2.05, 4.69) is 44.5 Å². The molecular weight excluding hydrogens is 260 g/mol. The maximum Gasteiger partial charge on any atom is 0.0397 e. The average molecular weight is 282 g/mol. The quantitative estimate of drug-likeness (QED) is 0.935. The monoisotopic (exact) mass is 282 g/mol. The van der Waals surface area contributed by atoms with Gasteiger partial charge in [-0.25, -0.2) is 0 Å². The molecule has 4 heteroatoms. The Morgan fingerprint density at radius 3 is 2.57 bits per heavy atom. The van der Waals surface area contributed by atoms with Gasteiger partial charge < -0.3 is 10.2 Å². The first-order chi connectivity index (χ1) is 10.3. The predicted octanol–water partition coefficient (Wildman–Crippen LogP) is 2.54. The van der Waals surface area contributed by atoms with Crippen molar-refractivity contribution in [2.24, 2.45) is 0 Å². The molecule has 4 nitrogen and oxygen atoms in total. The van der Waals surface area contributed by atoms with Crippen molar-refractivity contribution < 1.29 is 0 Å². The molecule has 1 aliphatic rings. The zero-order chi connectivity index (χ0) is 14.5. The normalized spacial score (nSPS) is 16.1. The fraction of sp³-hybridized carbons (Fsp3) is 0.412. The number of hydrogen-bond acceptors (Lipinski definition) is 4. The SMILES string of the molecule is Cc1ccc(CNC2CCN(c3ccncc3)CC2)cn1. The van der Waals surface area contributed by atoms with E-state index in [9.17, 15) is 0 Å². The molecule has 0 atom stereocenters. The summed E-state index contributed by atoms with van der Waals surface area (Å²) < 4.78 is 0. The van der Waals surface area contributed by atoms with Crippen molar-refractivity contribution in [1.29, 1.82) is 0 Å². The molecule has 0 spiro atoms. The summed E-state index contributed by atoms with van der Waals surface area (Å²) in [6.07, 6.45) is 8.06. The van der Waals surface area contributed by atoms with Gasteiger partial charge in [0, 0.05) is 55.6 Å². The number of rotatable bonds is 4. The number of hydrogen-bond donors (Lipinski definition) is 1. The van der Waals surface area contributed by atoms with Crippen LogP contribution < -0.4 is 10.2 Å². The van der Waals surface area contributed by atoms with Crippen molar-refractivity contribution in [1.82, 2.24) is 15.3 Å². The van der Waals surface area contributed by atoms with Crippen LogP contribution in [0.15, 0.2) is 42.9 Å². The second-order valence-electron chi connectivity index (χ2n) is 5.66. The molecule has 1 fully saturated rings. The molecule has 0 radical (unpaired) electrons. The van der Waals surface area contributed by atoms with E-state index in [1.54, 1.807) is 0 Å². The minimum atomic E-state index is 0.601. The number of aryl methyl sites for hydroxylation is 1. The third kappa shape index (κ3) is 3.79. The van der Waals surface area contributed by atoms with Gasteiger partial charge in [0.1, 0.15) is 0 Å². The van der Waals surface area contributed by atoms with Crippen LogP contribution in [0.5, 0.6) is 0 Å². The van der Waals surface area contributed by atoms with Gasteiger partial charge in [-0.05, 0) is 43.5 Å². The molecule has 1 saturated heterocycles. The van der Waals surface area contributed by atoms with Crippen molar-refractivity contribution >= 4 is 5.69 Å². The van der Waals surface area contributed by atoms with E-state index in [-0.39, 0.29) is 0 Å². The van der Waals surface area contributed by atoms with E-state index >= 15 is 0 Å². The molecule has 3 heterocycles. The highest BCUT2D eigenvalue weighted by Gasteiger charge is 2.18. The lowest BCUT2D eigenvalue weighted by Crippen LogP contribution is -2.42. The van der Waals surface area contributed by atoms with Gasteiger partial charge in [0.2, 0.25) is 0 Å². The van der Waals surface area contributed by atoms with Gasteiger partial charge in [0.05, 0.1) is 0 Å². The lowest BCUT2D eigenvalue weighted by molar-refractivity contribution is 0.414. The van der Waals surface area contributed by atoms with Gasteiger partial charge in [-0.1, -0.05) is 6.07 Å². The van der Waals surface area contributed by atoms with Crippen LogP contribution in [0.2, 0.25) is 0 Å². The maximum atomic E-state index is 4.34. The highest BCUT2D eigenvalue weighted by atomic mass is 15.1. The van der Waals surface area contributed by atoms with Crippen molar-refractivity contribution in [2.45, 2.75) is 32.4 Å². The van der Waals surface area contributed by atoms with E-state index < -0.39 is 0 Å². The maximum absolute atomic E-state index is 4.34. The smallest absolute Gasteiger partial charge is 0.0397 e. The summed E-state index contributed by atoms with van der Waals surface area (Å²) in [7, 11) is 0. The first-order valence-corrected chi connectivity index (χ1v) is 7.61. The third-order valence-corrected chi connectivity index (χ3v) is 4.09. The molecule has 1 N–H and O–H groups in total. The van der Waals surface area contributed by atoms with Crippen LogP contribution in [0.25, 0.3) is 0 Å². The minimum Gasteiger partial charge on any atom is -0.371 e. The highest BCUT2D eigenvalue weighted by Crippen LogP contribution is 2.19. The van der Waals surface area contributed by atoms with E-state index in [0.717, 1.165) is 25.3 Å². The van der Waals surface area contributed by atoms with Crippen LogP contribution in [-0.4, -0.2) is 29.1 Å². The van der Waals surface area contributed by atoms with Gasteiger partial charge in [-0.2, -0.15) is 0 Å². The molecule has 0 unspecified atom stereocenters. The molecule has 0 saturated carbocycles. The Balaban J connectivity index is 1.47. The molecule has 3 rings (SSSR count). The number of piperidine rings is 1. The average Bonchev–Trinajstić information content (AvgIpc) is 2.56. The molecule has 0 amide bonds. The summed E-state index contributed by atoms with van der Waals surface area (Å²) in [6.45, 7) is 5.14. The van der Waals surface area contributed by atoms with Crippen molar-refractivity contribution in [3.05, 3.63) is 54.1 Å². The first-order valence-electron chi connectivity index (χ1n) is 7.61. The largest absolute Gasteiger partial charge is 0.371 e. The Kier molecular flexibility index (Phi) is 4.46. The summed E-state index contributed by atoms with van der Waals surface area (Å²) in [6, 6.07) is 9.01. The summed E-state index contributed by atoms with van der Waals surface area (Å²) in [5.41, 5.74) is 3.62. The number of anilines is 1. The topological polar surface area (TPSA) is 41.0 Å². The van der Waals surface area contributed by atoms with E-state index in [1.165, 1.54) is 24.1 Å². The van der Waals surface area contributed by atoms with Gasteiger partial charge in [0.25, 0.3) is 0 Å². The number of nitrogens with zero attached hydrogens (tertiary/aromatic N) is 3. The Morgan fingerprint density at radius 2 is 1.90 bits per heavy atom. The Morgan fingerprint density at radius 1 is 1.14 bits per heavy atom. The van der Waals surface area contributed by atoms with Crippen LogP contribution in [0.4, 0.5) is 5.69 Å². The lowest BCUT2D eigenvalue weighted by Gasteiger charge is -2.34. The minimum absolute atomic E-state index is 0.601. The van der Waals surface area contributed by atoms with Crippen LogP contribution in [-0.2, 0) is 6.54 Å². The standard InChI is InChI=1S/C17H22N4/c1-14-2-3-15(12-19-14)13-20-16-6-10-21(11-7-16)17-4-8-18-9-5-17/h2-5,8-9,12,16,20H,6-7,10-11,13H2,1H3. The van der Waals surface area contributed by atoms with Gasteiger partial charge in [-0.15, -0.1) is 0 Å². The Bertz CT molecular complexity index is 545. The Hall–Kier alpha value is -1.94. The highest BCUT2D eigenvalue weighted by molar-refractivity contribution is 5.44. The lowest BCUT2D eigenvalue weighted by atomic mass is 10.0. The fourth-order valence-corrected chi connectivity index (χ4v) is 2.76. The predicted molar refractivity (Wildman–Crippen MR) is 85.3 cm³/mol. The molecule has 110 valence electrons.